The minimum atomic E-state index is 0.678. The Bertz CT molecular complexity index is 646. The second kappa shape index (κ2) is 4.35. The van der Waals surface area contributed by atoms with E-state index in [0.717, 1.165) is 21.6 Å². The number of aromatic nitrogens is 3. The van der Waals surface area contributed by atoms with Crippen LogP contribution in [0.4, 0.5) is 5.69 Å². The first-order valence-electron chi connectivity index (χ1n) is 5.08. The number of aromatic amines is 1. The summed E-state index contributed by atoms with van der Waals surface area (Å²) in [5, 5.41) is 12.3. The van der Waals surface area contributed by atoms with Gasteiger partial charge in [-0.05, 0) is 18.2 Å². The normalized spacial score (nSPS) is 10.9. The number of nitrogens with one attached hydrogen (secondary N) is 2. The van der Waals surface area contributed by atoms with Crippen molar-refractivity contribution in [2.45, 2.75) is 6.54 Å². The highest BCUT2D eigenvalue weighted by molar-refractivity contribution is 7.15. The highest BCUT2D eigenvalue weighted by Gasteiger charge is 2.01. The summed E-state index contributed by atoms with van der Waals surface area (Å²) in [4.78, 5) is 4.19. The number of benzene rings is 1. The lowest BCUT2D eigenvalue weighted by Crippen LogP contribution is -1.98. The number of hydrogen-bond acceptors (Lipinski definition) is 4. The number of hydrogen-bond donors (Lipinski definition) is 2. The van der Waals surface area contributed by atoms with E-state index >= 15 is 0 Å². The Morgan fingerprint density at radius 2 is 2.29 bits per heavy atom. The highest BCUT2D eigenvalue weighted by Crippen LogP contribution is 2.20. The SMILES string of the molecule is Clc1cnc(CNc2ccc3cn[nH]c3c2)s1. The maximum atomic E-state index is 5.82. The number of nitrogens with zero attached hydrogens (tertiary/aromatic N) is 2. The first-order chi connectivity index (χ1) is 8.31. The van der Waals surface area contributed by atoms with E-state index in [1.54, 1.807) is 12.4 Å². The second-order valence-electron chi connectivity index (χ2n) is 3.58. The van der Waals surface area contributed by atoms with E-state index < -0.39 is 0 Å². The minimum absolute atomic E-state index is 0.678. The molecule has 0 fully saturated rings. The molecule has 0 aliphatic carbocycles. The average molecular weight is 265 g/mol. The van der Waals surface area contributed by atoms with Gasteiger partial charge in [0.05, 0.1) is 24.5 Å². The Labute approximate surface area is 107 Å². The molecule has 0 saturated carbocycles. The lowest BCUT2D eigenvalue weighted by atomic mass is 10.2. The van der Waals surface area contributed by atoms with Crippen LogP contribution in [0.2, 0.25) is 4.34 Å². The third-order valence-corrected chi connectivity index (χ3v) is 3.53. The Morgan fingerprint density at radius 3 is 3.12 bits per heavy atom. The minimum Gasteiger partial charge on any atom is -0.378 e. The van der Waals surface area contributed by atoms with E-state index in [9.17, 15) is 0 Å². The van der Waals surface area contributed by atoms with Crippen molar-refractivity contribution in [2.24, 2.45) is 0 Å². The molecular weight excluding hydrogens is 256 g/mol. The lowest BCUT2D eigenvalue weighted by Gasteiger charge is -2.03. The zero-order valence-electron chi connectivity index (χ0n) is 8.77. The maximum absolute atomic E-state index is 5.82. The monoisotopic (exact) mass is 264 g/mol. The summed E-state index contributed by atoms with van der Waals surface area (Å²) in [5.41, 5.74) is 2.06. The van der Waals surface area contributed by atoms with Crippen LogP contribution in [0.25, 0.3) is 10.9 Å². The summed E-state index contributed by atoms with van der Waals surface area (Å²) in [6.07, 6.45) is 3.47. The summed E-state index contributed by atoms with van der Waals surface area (Å²) in [6.45, 7) is 0.678. The molecule has 4 nitrogen and oxygen atoms in total. The molecule has 2 N–H and O–H groups in total. The first-order valence-corrected chi connectivity index (χ1v) is 6.28. The van der Waals surface area contributed by atoms with Crippen molar-refractivity contribution in [3.8, 4) is 0 Å². The Hall–Kier alpha value is -1.59. The number of fused-ring (bicyclic) bond motifs is 1. The molecule has 3 rings (SSSR count). The van der Waals surface area contributed by atoms with Crippen molar-refractivity contribution in [1.82, 2.24) is 15.2 Å². The standard InChI is InChI=1S/C11H9ClN4S/c12-10-5-14-11(17-10)6-13-8-2-1-7-4-15-16-9(7)3-8/h1-5,13H,6H2,(H,15,16). The van der Waals surface area contributed by atoms with Gasteiger partial charge < -0.3 is 5.32 Å². The smallest absolute Gasteiger partial charge is 0.113 e. The molecule has 0 radical (unpaired) electrons. The maximum Gasteiger partial charge on any atom is 0.113 e. The predicted octanol–water partition coefficient (Wildman–Crippen LogP) is 3.28. The van der Waals surface area contributed by atoms with Crippen molar-refractivity contribution in [1.29, 1.82) is 0 Å². The molecule has 17 heavy (non-hydrogen) atoms. The van der Waals surface area contributed by atoms with Crippen LogP contribution >= 0.6 is 22.9 Å². The predicted molar refractivity (Wildman–Crippen MR) is 70.5 cm³/mol. The Balaban J connectivity index is 1.76. The van der Waals surface area contributed by atoms with Gasteiger partial charge in [-0.15, -0.1) is 11.3 Å². The molecule has 0 saturated heterocycles. The van der Waals surface area contributed by atoms with Gasteiger partial charge in [-0.2, -0.15) is 5.10 Å². The van der Waals surface area contributed by atoms with Gasteiger partial charge in [0.2, 0.25) is 0 Å². The fraction of sp³-hybridized carbons (Fsp3) is 0.0909. The average Bonchev–Trinajstić information content (AvgIpc) is 2.94. The van der Waals surface area contributed by atoms with Crippen LogP contribution in [0.5, 0.6) is 0 Å². The van der Waals surface area contributed by atoms with Gasteiger partial charge in [0.15, 0.2) is 0 Å². The van der Waals surface area contributed by atoms with Crippen molar-refractivity contribution in [2.75, 3.05) is 5.32 Å². The van der Waals surface area contributed by atoms with Crippen molar-refractivity contribution >= 4 is 39.5 Å². The zero-order valence-corrected chi connectivity index (χ0v) is 10.3. The van der Waals surface area contributed by atoms with E-state index in [1.807, 2.05) is 18.2 Å². The van der Waals surface area contributed by atoms with Gasteiger partial charge in [0.1, 0.15) is 9.34 Å². The van der Waals surface area contributed by atoms with E-state index in [1.165, 1.54) is 11.3 Å². The Kier molecular flexibility index (Phi) is 2.70. The number of anilines is 1. The van der Waals surface area contributed by atoms with Crippen LogP contribution in [-0.2, 0) is 6.54 Å². The molecule has 0 aliphatic rings. The summed E-state index contributed by atoms with van der Waals surface area (Å²) in [7, 11) is 0. The molecule has 3 aromatic rings. The van der Waals surface area contributed by atoms with Gasteiger partial charge in [-0.1, -0.05) is 11.6 Å². The number of thiazole rings is 1. The summed E-state index contributed by atoms with van der Waals surface area (Å²) < 4.78 is 0.714. The number of rotatable bonds is 3. The number of H-pyrrole nitrogens is 1. The summed E-state index contributed by atoms with van der Waals surface area (Å²) in [5.74, 6) is 0. The molecule has 0 bridgehead atoms. The van der Waals surface area contributed by atoms with Crippen LogP contribution in [0.3, 0.4) is 0 Å². The second-order valence-corrected chi connectivity index (χ2v) is 5.33. The largest absolute Gasteiger partial charge is 0.378 e. The van der Waals surface area contributed by atoms with Gasteiger partial charge in [0.25, 0.3) is 0 Å². The zero-order chi connectivity index (χ0) is 11.7. The summed E-state index contributed by atoms with van der Waals surface area (Å²) in [6, 6.07) is 6.07. The first kappa shape index (κ1) is 10.6. The summed E-state index contributed by atoms with van der Waals surface area (Å²) >= 11 is 7.30. The topological polar surface area (TPSA) is 53.6 Å². The van der Waals surface area contributed by atoms with E-state index in [0.29, 0.717) is 10.9 Å². The molecule has 2 heterocycles. The van der Waals surface area contributed by atoms with Gasteiger partial charge in [0, 0.05) is 11.1 Å². The van der Waals surface area contributed by atoms with Crippen LogP contribution in [0, 0.1) is 0 Å². The molecule has 0 aliphatic heterocycles. The Morgan fingerprint density at radius 1 is 1.35 bits per heavy atom. The van der Waals surface area contributed by atoms with Crippen LogP contribution < -0.4 is 5.32 Å². The van der Waals surface area contributed by atoms with Gasteiger partial charge in [-0.3, -0.25) is 5.10 Å². The van der Waals surface area contributed by atoms with Crippen LogP contribution in [0.1, 0.15) is 5.01 Å². The molecule has 86 valence electrons. The molecular formula is C11H9ClN4S. The third-order valence-electron chi connectivity index (χ3n) is 2.41. The molecule has 0 atom stereocenters. The molecule has 6 heteroatoms. The van der Waals surface area contributed by atoms with E-state index in [4.69, 9.17) is 11.6 Å². The molecule has 0 unspecified atom stereocenters. The van der Waals surface area contributed by atoms with Crippen molar-refractivity contribution in [3.05, 3.63) is 39.9 Å². The van der Waals surface area contributed by atoms with Crippen molar-refractivity contribution in [3.63, 3.8) is 0 Å². The van der Waals surface area contributed by atoms with E-state index in [2.05, 4.69) is 20.5 Å². The van der Waals surface area contributed by atoms with Crippen LogP contribution in [-0.4, -0.2) is 15.2 Å². The lowest BCUT2D eigenvalue weighted by molar-refractivity contribution is 1.10. The molecule has 0 amide bonds. The fourth-order valence-corrected chi connectivity index (χ4v) is 2.49. The third kappa shape index (κ3) is 2.25. The molecule has 0 spiro atoms. The van der Waals surface area contributed by atoms with Crippen LogP contribution in [0.15, 0.2) is 30.6 Å². The van der Waals surface area contributed by atoms with Gasteiger partial charge in [-0.25, -0.2) is 4.98 Å². The number of halogens is 1. The van der Waals surface area contributed by atoms with Gasteiger partial charge >= 0.3 is 0 Å². The molecule has 1 aromatic carbocycles. The highest BCUT2D eigenvalue weighted by atomic mass is 35.5. The van der Waals surface area contributed by atoms with E-state index in [-0.39, 0.29) is 0 Å². The van der Waals surface area contributed by atoms with Crippen molar-refractivity contribution < 1.29 is 0 Å². The fourth-order valence-electron chi connectivity index (χ4n) is 1.59. The quantitative estimate of drug-likeness (QED) is 0.763. The molecule has 2 aromatic heterocycles.